The smallest absolute Gasteiger partial charge is 0.417 e. The minimum absolute atomic E-state index is 0.0977. The molecule has 2 atom stereocenters. The van der Waals surface area contributed by atoms with Crippen molar-refractivity contribution in [2.24, 2.45) is 10.7 Å². The Balaban J connectivity index is 1.90. The Kier molecular flexibility index (Phi) is 4.01. The molecule has 0 spiro atoms. The van der Waals surface area contributed by atoms with Crippen molar-refractivity contribution < 1.29 is 22.6 Å². The summed E-state index contributed by atoms with van der Waals surface area (Å²) in [5.74, 6) is 0.140. The van der Waals surface area contributed by atoms with Crippen LogP contribution in [-0.2, 0) is 10.9 Å². The predicted molar refractivity (Wildman–Crippen MR) is 65.3 cm³/mol. The van der Waals surface area contributed by atoms with E-state index in [9.17, 15) is 13.2 Å². The topological polar surface area (TPSA) is 69.7 Å². The summed E-state index contributed by atoms with van der Waals surface area (Å²) < 4.78 is 47.5. The first kappa shape index (κ1) is 14.4. The third-order valence-electron chi connectivity index (χ3n) is 2.72. The molecule has 1 aromatic heterocycles. The Hall–Kier alpha value is -1.99. The number of pyridine rings is 1. The number of aromatic nitrogens is 1. The fourth-order valence-electron chi connectivity index (χ4n) is 1.81. The molecule has 2 rings (SSSR count). The molecule has 0 unspecified atom stereocenters. The fraction of sp³-hybridized carbons (Fsp3) is 0.500. The van der Waals surface area contributed by atoms with Gasteiger partial charge >= 0.3 is 6.18 Å². The Morgan fingerprint density at radius 2 is 2.25 bits per heavy atom. The molecule has 1 aliphatic rings. The van der Waals surface area contributed by atoms with Gasteiger partial charge in [-0.1, -0.05) is 0 Å². The summed E-state index contributed by atoms with van der Waals surface area (Å²) >= 11 is 0. The Bertz CT molecular complexity index is 488. The summed E-state index contributed by atoms with van der Waals surface area (Å²) in [6.45, 7) is 2.17. The summed E-state index contributed by atoms with van der Waals surface area (Å²) in [4.78, 5) is 7.68. The first-order valence-electron chi connectivity index (χ1n) is 6.00. The van der Waals surface area contributed by atoms with E-state index in [4.69, 9.17) is 15.2 Å². The zero-order chi connectivity index (χ0) is 14.8. The molecule has 0 saturated carbocycles. The number of hydrogen-bond donors (Lipinski definition) is 1. The zero-order valence-electron chi connectivity index (χ0n) is 10.7. The van der Waals surface area contributed by atoms with E-state index in [0.717, 1.165) is 12.3 Å². The molecule has 0 bridgehead atoms. The van der Waals surface area contributed by atoms with Gasteiger partial charge in [-0.2, -0.15) is 13.2 Å². The predicted octanol–water partition coefficient (Wildman–Crippen LogP) is 1.97. The van der Waals surface area contributed by atoms with Crippen molar-refractivity contribution in [1.29, 1.82) is 0 Å². The maximum absolute atomic E-state index is 12.4. The lowest BCUT2D eigenvalue weighted by molar-refractivity contribution is -0.137. The molecule has 0 aliphatic carbocycles. The lowest BCUT2D eigenvalue weighted by Gasteiger charge is -2.15. The van der Waals surface area contributed by atoms with E-state index >= 15 is 0 Å². The quantitative estimate of drug-likeness (QED) is 0.920. The van der Waals surface area contributed by atoms with Crippen LogP contribution in [0, 0.1) is 0 Å². The number of ether oxygens (including phenoxy) is 2. The van der Waals surface area contributed by atoms with E-state index in [-0.39, 0.29) is 24.0 Å². The number of amidine groups is 1. The number of halogens is 3. The minimum Gasteiger partial charge on any atom is -0.475 e. The average molecular weight is 289 g/mol. The maximum atomic E-state index is 12.4. The molecule has 5 nitrogen and oxygen atoms in total. The molecule has 20 heavy (non-hydrogen) atoms. The van der Waals surface area contributed by atoms with Gasteiger partial charge in [-0.25, -0.2) is 9.98 Å². The molecule has 110 valence electrons. The molecular formula is C12H14F3N3O2. The molecule has 2 N–H and O–H groups in total. The standard InChI is InChI=1S/C12H14F3N3O2/c1-7(4-9-6-19-11(16)18-9)20-10-3-2-8(5-17-10)12(13,14)15/h2-3,5,7,9H,4,6H2,1H3,(H2,16,18)/t7-,9-/m0/s1. The highest BCUT2D eigenvalue weighted by molar-refractivity contribution is 5.72. The highest BCUT2D eigenvalue weighted by Gasteiger charge is 2.30. The first-order valence-corrected chi connectivity index (χ1v) is 6.00. The average Bonchev–Trinajstić information content (AvgIpc) is 2.74. The van der Waals surface area contributed by atoms with E-state index in [0.29, 0.717) is 13.0 Å². The van der Waals surface area contributed by atoms with Crippen LogP contribution in [0.1, 0.15) is 18.9 Å². The van der Waals surface area contributed by atoms with Gasteiger partial charge in [0.15, 0.2) is 0 Å². The molecule has 0 saturated heterocycles. The Morgan fingerprint density at radius 1 is 1.50 bits per heavy atom. The Labute approximate surface area is 113 Å². The van der Waals surface area contributed by atoms with Crippen molar-refractivity contribution in [1.82, 2.24) is 4.98 Å². The number of hydrogen-bond acceptors (Lipinski definition) is 5. The lowest BCUT2D eigenvalue weighted by atomic mass is 10.1. The molecular weight excluding hydrogens is 275 g/mol. The van der Waals surface area contributed by atoms with Crippen LogP contribution < -0.4 is 10.5 Å². The third kappa shape index (κ3) is 3.75. The van der Waals surface area contributed by atoms with Crippen LogP contribution in [-0.4, -0.2) is 29.8 Å². The van der Waals surface area contributed by atoms with Crippen molar-refractivity contribution in [3.05, 3.63) is 23.9 Å². The zero-order valence-corrected chi connectivity index (χ0v) is 10.7. The molecule has 2 heterocycles. The molecule has 1 aliphatic heterocycles. The molecule has 0 amide bonds. The second-order valence-electron chi connectivity index (χ2n) is 4.48. The van der Waals surface area contributed by atoms with Crippen LogP contribution in [0.2, 0.25) is 0 Å². The second kappa shape index (κ2) is 5.56. The van der Waals surface area contributed by atoms with Crippen LogP contribution in [0.5, 0.6) is 5.88 Å². The van der Waals surface area contributed by atoms with Crippen molar-refractivity contribution >= 4 is 6.02 Å². The van der Waals surface area contributed by atoms with Gasteiger partial charge in [0.1, 0.15) is 6.61 Å². The molecule has 0 aromatic carbocycles. The van der Waals surface area contributed by atoms with Gasteiger partial charge in [-0.3, -0.25) is 0 Å². The SMILES string of the molecule is C[C@@H](C[C@H]1COC(N)=N1)Oc1ccc(C(F)(F)F)cn1. The van der Waals surface area contributed by atoms with Gasteiger partial charge in [-0.15, -0.1) is 0 Å². The number of alkyl halides is 3. The second-order valence-corrected chi connectivity index (χ2v) is 4.48. The van der Waals surface area contributed by atoms with Crippen molar-refractivity contribution in [2.75, 3.05) is 6.61 Å². The third-order valence-corrected chi connectivity index (χ3v) is 2.72. The van der Waals surface area contributed by atoms with Crippen LogP contribution in [0.3, 0.4) is 0 Å². The van der Waals surface area contributed by atoms with Crippen molar-refractivity contribution in [2.45, 2.75) is 31.7 Å². The normalized spacial score (nSPS) is 20.2. The van der Waals surface area contributed by atoms with Crippen molar-refractivity contribution in [3.8, 4) is 5.88 Å². The van der Waals surface area contributed by atoms with Gasteiger partial charge in [0.2, 0.25) is 5.88 Å². The van der Waals surface area contributed by atoms with E-state index in [1.54, 1.807) is 6.92 Å². The highest BCUT2D eigenvalue weighted by atomic mass is 19.4. The maximum Gasteiger partial charge on any atom is 0.417 e. The molecule has 1 aromatic rings. The summed E-state index contributed by atoms with van der Waals surface area (Å²) in [7, 11) is 0. The van der Waals surface area contributed by atoms with Crippen LogP contribution >= 0.6 is 0 Å². The van der Waals surface area contributed by atoms with Crippen LogP contribution in [0.15, 0.2) is 23.3 Å². The van der Waals surface area contributed by atoms with E-state index in [1.807, 2.05) is 0 Å². The van der Waals surface area contributed by atoms with E-state index in [1.165, 1.54) is 6.07 Å². The number of nitrogens with zero attached hydrogens (tertiary/aromatic N) is 2. The minimum atomic E-state index is -4.40. The molecule has 0 fully saturated rings. The van der Waals surface area contributed by atoms with Crippen LogP contribution in [0.4, 0.5) is 13.2 Å². The van der Waals surface area contributed by atoms with Gasteiger partial charge in [0, 0.05) is 18.7 Å². The van der Waals surface area contributed by atoms with Crippen LogP contribution in [0.25, 0.3) is 0 Å². The first-order chi connectivity index (χ1) is 9.34. The fourth-order valence-corrected chi connectivity index (χ4v) is 1.81. The Morgan fingerprint density at radius 3 is 2.75 bits per heavy atom. The monoisotopic (exact) mass is 289 g/mol. The lowest BCUT2D eigenvalue weighted by Crippen LogP contribution is -2.20. The van der Waals surface area contributed by atoms with Gasteiger partial charge in [-0.05, 0) is 13.0 Å². The van der Waals surface area contributed by atoms with Crippen molar-refractivity contribution in [3.63, 3.8) is 0 Å². The molecule has 8 heteroatoms. The van der Waals surface area contributed by atoms with Gasteiger partial charge in [0.25, 0.3) is 6.02 Å². The summed E-state index contributed by atoms with van der Waals surface area (Å²) in [6.07, 6.45) is -3.37. The summed E-state index contributed by atoms with van der Waals surface area (Å²) in [5, 5.41) is 0. The summed E-state index contributed by atoms with van der Waals surface area (Å²) in [5.41, 5.74) is 4.57. The number of aliphatic imine (C=N–C) groups is 1. The highest BCUT2D eigenvalue weighted by Crippen LogP contribution is 2.29. The largest absolute Gasteiger partial charge is 0.475 e. The molecule has 0 radical (unpaired) electrons. The van der Waals surface area contributed by atoms with Gasteiger partial charge in [0.05, 0.1) is 17.7 Å². The summed E-state index contributed by atoms with van der Waals surface area (Å²) in [6, 6.07) is 2.18. The number of nitrogens with two attached hydrogens (primary N) is 1. The number of rotatable bonds is 4. The van der Waals surface area contributed by atoms with E-state index in [2.05, 4.69) is 9.98 Å². The van der Waals surface area contributed by atoms with E-state index < -0.39 is 11.7 Å². The van der Waals surface area contributed by atoms with Gasteiger partial charge < -0.3 is 15.2 Å².